The van der Waals surface area contributed by atoms with Crippen molar-refractivity contribution in [2.75, 3.05) is 7.11 Å². The van der Waals surface area contributed by atoms with E-state index >= 15 is 0 Å². The van der Waals surface area contributed by atoms with Gasteiger partial charge in [-0.05, 0) is 31.0 Å². The van der Waals surface area contributed by atoms with Crippen molar-refractivity contribution >= 4 is 5.91 Å². The smallest absolute Gasteiger partial charge is 0.220 e. The fourth-order valence-corrected chi connectivity index (χ4v) is 3.25. The molecule has 3 rings (SSSR count). The lowest BCUT2D eigenvalue weighted by Crippen LogP contribution is -2.48. The van der Waals surface area contributed by atoms with Crippen LogP contribution in [0.25, 0.3) is 0 Å². The van der Waals surface area contributed by atoms with E-state index in [0.29, 0.717) is 24.3 Å². The largest absolute Gasteiger partial charge is 0.495 e. The van der Waals surface area contributed by atoms with Gasteiger partial charge in [-0.3, -0.25) is 9.48 Å². The summed E-state index contributed by atoms with van der Waals surface area (Å²) in [6.45, 7) is 3.43. The molecule has 1 fully saturated rings. The number of aromatic nitrogens is 2. The van der Waals surface area contributed by atoms with Gasteiger partial charge in [-0.1, -0.05) is 6.07 Å². The molecule has 0 bridgehead atoms. The molecule has 0 radical (unpaired) electrons. The number of amides is 1. The number of nitrogens with zero attached hydrogens (tertiary/aromatic N) is 3. The van der Waals surface area contributed by atoms with Gasteiger partial charge in [0, 0.05) is 37.3 Å². The van der Waals surface area contributed by atoms with Crippen LogP contribution in [0.1, 0.15) is 42.5 Å². The molecule has 7 nitrogen and oxygen atoms in total. The van der Waals surface area contributed by atoms with Crippen LogP contribution >= 0.6 is 0 Å². The summed E-state index contributed by atoms with van der Waals surface area (Å²) in [4.78, 5) is 11.9. The molecule has 2 aromatic rings. The molecule has 2 N–H and O–H groups in total. The Morgan fingerprint density at radius 1 is 1.50 bits per heavy atom. The van der Waals surface area contributed by atoms with E-state index in [9.17, 15) is 10.1 Å². The molecule has 0 spiro atoms. The van der Waals surface area contributed by atoms with E-state index in [2.05, 4.69) is 21.8 Å². The molecule has 1 aliphatic rings. The normalized spacial score (nSPS) is 19.7. The molecule has 1 saturated heterocycles. The Morgan fingerprint density at radius 3 is 3.04 bits per heavy atom. The quantitative estimate of drug-likeness (QED) is 0.827. The van der Waals surface area contributed by atoms with Crippen molar-refractivity contribution in [1.29, 1.82) is 5.26 Å². The Balaban J connectivity index is 1.72. The summed E-state index contributed by atoms with van der Waals surface area (Å²) < 4.78 is 7.04. The Kier molecular flexibility index (Phi) is 5.54. The highest BCUT2D eigenvalue weighted by atomic mass is 16.5. The van der Waals surface area contributed by atoms with Gasteiger partial charge in [0.25, 0.3) is 0 Å². The number of benzene rings is 1. The number of carbonyl (C=O) groups excluding carboxylic acids is 1. The molecule has 0 unspecified atom stereocenters. The molecule has 2 atom stereocenters. The molecule has 1 aliphatic heterocycles. The third kappa shape index (κ3) is 3.86. The number of nitrogens with one attached hydrogen (secondary N) is 2. The number of methoxy groups -OCH3 is 1. The lowest BCUT2D eigenvalue weighted by Gasteiger charge is -2.32. The van der Waals surface area contributed by atoms with Crippen LogP contribution in [-0.4, -0.2) is 28.8 Å². The highest BCUT2D eigenvalue weighted by molar-refractivity contribution is 5.77. The maximum atomic E-state index is 11.9. The third-order valence-corrected chi connectivity index (χ3v) is 4.69. The summed E-state index contributed by atoms with van der Waals surface area (Å²) in [5, 5.41) is 20.1. The van der Waals surface area contributed by atoms with E-state index in [1.54, 1.807) is 13.2 Å². The van der Waals surface area contributed by atoms with Gasteiger partial charge >= 0.3 is 0 Å². The van der Waals surface area contributed by atoms with Crippen LogP contribution in [0, 0.1) is 11.3 Å². The lowest BCUT2D eigenvalue weighted by molar-refractivity contribution is -0.123. The maximum Gasteiger partial charge on any atom is 0.220 e. The van der Waals surface area contributed by atoms with Crippen molar-refractivity contribution in [2.24, 2.45) is 0 Å². The van der Waals surface area contributed by atoms with Crippen molar-refractivity contribution in [2.45, 2.75) is 44.9 Å². The molecular formula is C19H23N5O2. The van der Waals surface area contributed by atoms with E-state index in [0.717, 1.165) is 24.1 Å². The standard InChI is InChI=1S/C19H23N5O2/c1-3-24-12-15(11-22-24)19-16(5-7-18(25)23-19)21-10-13-4-6-17(26-2)14(8-13)9-20/h4,6,8,11-12,16,19,21H,3,5,7,10H2,1-2H3,(H,23,25)/t16-,19+/m1/s1. The summed E-state index contributed by atoms with van der Waals surface area (Å²) in [6.07, 6.45) is 5.05. The van der Waals surface area contributed by atoms with Crippen molar-refractivity contribution in [3.63, 3.8) is 0 Å². The summed E-state index contributed by atoms with van der Waals surface area (Å²) in [6, 6.07) is 7.73. The molecular weight excluding hydrogens is 330 g/mol. The predicted molar refractivity (Wildman–Crippen MR) is 96.4 cm³/mol. The fourth-order valence-electron chi connectivity index (χ4n) is 3.25. The molecule has 0 aliphatic carbocycles. The number of hydrogen-bond donors (Lipinski definition) is 2. The number of aryl methyl sites for hydroxylation is 1. The van der Waals surface area contributed by atoms with Crippen LogP contribution in [0.4, 0.5) is 0 Å². The molecule has 1 amide bonds. The van der Waals surface area contributed by atoms with Crippen molar-refractivity contribution in [3.8, 4) is 11.8 Å². The first-order chi connectivity index (χ1) is 12.6. The molecule has 2 heterocycles. The van der Waals surface area contributed by atoms with Crippen LogP contribution in [-0.2, 0) is 17.9 Å². The van der Waals surface area contributed by atoms with Gasteiger partial charge in [0.1, 0.15) is 11.8 Å². The number of hydrogen-bond acceptors (Lipinski definition) is 5. The van der Waals surface area contributed by atoms with Gasteiger partial charge in [0.15, 0.2) is 0 Å². The molecule has 26 heavy (non-hydrogen) atoms. The van der Waals surface area contributed by atoms with Gasteiger partial charge in [0.05, 0.1) is 24.9 Å². The monoisotopic (exact) mass is 353 g/mol. The second-order valence-corrected chi connectivity index (χ2v) is 6.35. The van der Waals surface area contributed by atoms with Gasteiger partial charge in [-0.15, -0.1) is 0 Å². The predicted octanol–water partition coefficient (Wildman–Crippen LogP) is 1.89. The minimum atomic E-state index is -0.106. The summed E-state index contributed by atoms with van der Waals surface area (Å²) in [5.74, 6) is 0.638. The number of carbonyl (C=O) groups is 1. The van der Waals surface area contributed by atoms with Crippen LogP contribution in [0.5, 0.6) is 5.75 Å². The number of rotatable bonds is 6. The molecule has 0 saturated carbocycles. The van der Waals surface area contributed by atoms with Crippen molar-refractivity contribution in [3.05, 3.63) is 47.3 Å². The van der Waals surface area contributed by atoms with E-state index in [1.807, 2.05) is 36.1 Å². The Bertz CT molecular complexity index is 824. The zero-order chi connectivity index (χ0) is 18.5. The topological polar surface area (TPSA) is 92.0 Å². The molecule has 1 aromatic heterocycles. The highest BCUT2D eigenvalue weighted by Gasteiger charge is 2.30. The van der Waals surface area contributed by atoms with E-state index in [-0.39, 0.29) is 18.0 Å². The lowest BCUT2D eigenvalue weighted by atomic mass is 9.93. The van der Waals surface area contributed by atoms with Crippen LogP contribution in [0.15, 0.2) is 30.6 Å². The van der Waals surface area contributed by atoms with Crippen LogP contribution < -0.4 is 15.4 Å². The fraction of sp³-hybridized carbons (Fsp3) is 0.421. The second-order valence-electron chi connectivity index (χ2n) is 6.35. The van der Waals surface area contributed by atoms with E-state index in [4.69, 9.17) is 4.74 Å². The highest BCUT2D eigenvalue weighted by Crippen LogP contribution is 2.25. The number of nitriles is 1. The first-order valence-corrected chi connectivity index (χ1v) is 8.76. The molecule has 7 heteroatoms. The van der Waals surface area contributed by atoms with Gasteiger partial charge in [-0.25, -0.2) is 0 Å². The van der Waals surface area contributed by atoms with E-state index < -0.39 is 0 Å². The van der Waals surface area contributed by atoms with Gasteiger partial charge < -0.3 is 15.4 Å². The number of piperidine rings is 1. The molecule has 1 aromatic carbocycles. The SMILES string of the molecule is CCn1cc([C@@H]2NC(=O)CC[C@H]2NCc2ccc(OC)c(C#N)c2)cn1. The minimum Gasteiger partial charge on any atom is -0.495 e. The number of ether oxygens (including phenoxy) is 1. The van der Waals surface area contributed by atoms with Gasteiger partial charge in [-0.2, -0.15) is 10.4 Å². The summed E-state index contributed by atoms with van der Waals surface area (Å²) in [7, 11) is 1.56. The third-order valence-electron chi connectivity index (χ3n) is 4.69. The summed E-state index contributed by atoms with van der Waals surface area (Å²) in [5.41, 5.74) is 2.52. The second kappa shape index (κ2) is 8.02. The van der Waals surface area contributed by atoms with Crippen LogP contribution in [0.2, 0.25) is 0 Å². The first-order valence-electron chi connectivity index (χ1n) is 8.76. The Labute approximate surface area is 153 Å². The van der Waals surface area contributed by atoms with E-state index in [1.165, 1.54) is 0 Å². The van der Waals surface area contributed by atoms with Gasteiger partial charge in [0.2, 0.25) is 5.91 Å². The minimum absolute atomic E-state index is 0.0634. The zero-order valence-electron chi connectivity index (χ0n) is 15.0. The Hall–Kier alpha value is -2.85. The van der Waals surface area contributed by atoms with Crippen molar-refractivity contribution < 1.29 is 9.53 Å². The zero-order valence-corrected chi connectivity index (χ0v) is 15.0. The van der Waals surface area contributed by atoms with Crippen molar-refractivity contribution in [1.82, 2.24) is 20.4 Å². The average Bonchev–Trinajstić information content (AvgIpc) is 3.15. The first kappa shape index (κ1) is 18.0. The average molecular weight is 353 g/mol. The molecule has 136 valence electrons. The summed E-state index contributed by atoms with van der Waals surface area (Å²) >= 11 is 0. The maximum absolute atomic E-state index is 11.9. The Morgan fingerprint density at radius 2 is 2.35 bits per heavy atom. The van der Waals surface area contributed by atoms with Crippen LogP contribution in [0.3, 0.4) is 0 Å².